The van der Waals surface area contributed by atoms with Crippen molar-refractivity contribution in [1.82, 2.24) is 0 Å². The van der Waals surface area contributed by atoms with Crippen LogP contribution in [0.3, 0.4) is 0 Å². The van der Waals surface area contributed by atoms with Crippen molar-refractivity contribution in [2.24, 2.45) is 5.41 Å². The average molecular weight is 220 g/mol. The molecule has 0 aliphatic heterocycles. The zero-order valence-electron chi connectivity index (χ0n) is 9.56. The molecule has 86 valence electrons. The Hall–Kier alpha value is -1.51. The Morgan fingerprint density at radius 3 is 2.94 bits per heavy atom. The van der Waals surface area contributed by atoms with Crippen molar-refractivity contribution in [1.29, 1.82) is 0 Å². The zero-order valence-corrected chi connectivity index (χ0v) is 9.56. The number of benzene rings is 1. The fraction of sp³-hybridized carbons (Fsp3) is 0.462. The van der Waals surface area contributed by atoms with E-state index in [1.54, 1.807) is 6.92 Å². The van der Waals surface area contributed by atoms with Gasteiger partial charge in [-0.3, -0.25) is 4.79 Å². The highest BCUT2D eigenvalue weighted by atomic mass is 16.5. The molecular formula is C13H16O3. The van der Waals surface area contributed by atoms with E-state index >= 15 is 0 Å². The summed E-state index contributed by atoms with van der Waals surface area (Å²) in [5, 5.41) is 9.09. The predicted molar refractivity (Wildman–Crippen MR) is 60.7 cm³/mol. The molecule has 0 saturated heterocycles. The van der Waals surface area contributed by atoms with Gasteiger partial charge in [-0.05, 0) is 38.0 Å². The van der Waals surface area contributed by atoms with Gasteiger partial charge in [-0.2, -0.15) is 0 Å². The third kappa shape index (κ3) is 1.77. The SMILES string of the molecule is CCOc1cccc(C2CC2(C)C(=O)O)c1. The van der Waals surface area contributed by atoms with Crippen molar-refractivity contribution in [3.05, 3.63) is 29.8 Å². The molecule has 1 aromatic rings. The zero-order chi connectivity index (χ0) is 11.8. The molecule has 0 aromatic heterocycles. The van der Waals surface area contributed by atoms with Crippen molar-refractivity contribution in [2.75, 3.05) is 6.61 Å². The lowest BCUT2D eigenvalue weighted by Crippen LogP contribution is -2.12. The summed E-state index contributed by atoms with van der Waals surface area (Å²) >= 11 is 0. The molecule has 3 nitrogen and oxygen atoms in total. The molecule has 0 heterocycles. The molecule has 0 spiro atoms. The van der Waals surface area contributed by atoms with Crippen LogP contribution in [0.5, 0.6) is 5.75 Å². The standard InChI is InChI=1S/C13H16O3/c1-3-16-10-6-4-5-9(7-10)11-8-13(11,2)12(14)15/h4-7,11H,3,8H2,1-2H3,(H,14,15). The lowest BCUT2D eigenvalue weighted by molar-refractivity contribution is -0.142. The van der Waals surface area contributed by atoms with Crippen LogP contribution >= 0.6 is 0 Å². The van der Waals surface area contributed by atoms with Crippen molar-refractivity contribution in [2.45, 2.75) is 26.2 Å². The minimum absolute atomic E-state index is 0.130. The highest BCUT2D eigenvalue weighted by Crippen LogP contribution is 2.59. The summed E-state index contributed by atoms with van der Waals surface area (Å²) in [6.07, 6.45) is 0.720. The normalized spacial score (nSPS) is 27.5. The number of carbonyl (C=O) groups is 1. The van der Waals surface area contributed by atoms with E-state index in [1.165, 1.54) is 0 Å². The van der Waals surface area contributed by atoms with Crippen LogP contribution in [0.1, 0.15) is 31.7 Å². The van der Waals surface area contributed by atoms with Gasteiger partial charge in [0.25, 0.3) is 0 Å². The third-order valence-corrected chi connectivity index (χ3v) is 3.30. The fourth-order valence-corrected chi connectivity index (χ4v) is 2.07. The Morgan fingerprint density at radius 2 is 2.38 bits per heavy atom. The number of hydrogen-bond donors (Lipinski definition) is 1. The second kappa shape index (κ2) is 3.81. The number of ether oxygens (including phenoxy) is 1. The Balaban J connectivity index is 2.17. The first-order valence-corrected chi connectivity index (χ1v) is 5.54. The lowest BCUT2D eigenvalue weighted by atomic mass is 10.0. The highest BCUT2D eigenvalue weighted by molar-refractivity contribution is 5.80. The Bertz CT molecular complexity index is 413. The van der Waals surface area contributed by atoms with Gasteiger partial charge in [0.2, 0.25) is 0 Å². The van der Waals surface area contributed by atoms with Crippen molar-refractivity contribution < 1.29 is 14.6 Å². The lowest BCUT2D eigenvalue weighted by Gasteiger charge is -2.07. The van der Waals surface area contributed by atoms with Crippen molar-refractivity contribution in [3.63, 3.8) is 0 Å². The summed E-state index contributed by atoms with van der Waals surface area (Å²) in [6.45, 7) is 4.36. The van der Waals surface area contributed by atoms with Gasteiger partial charge in [0.1, 0.15) is 5.75 Å². The predicted octanol–water partition coefficient (Wildman–Crippen LogP) is 2.66. The maximum atomic E-state index is 11.0. The van der Waals surface area contributed by atoms with E-state index in [0.717, 1.165) is 17.7 Å². The molecule has 1 fully saturated rings. The van der Waals surface area contributed by atoms with Gasteiger partial charge in [0.05, 0.1) is 12.0 Å². The second-order valence-electron chi connectivity index (χ2n) is 4.48. The summed E-state index contributed by atoms with van der Waals surface area (Å²) in [7, 11) is 0. The fourth-order valence-electron chi connectivity index (χ4n) is 2.07. The molecule has 2 unspecified atom stereocenters. The van der Waals surface area contributed by atoms with Gasteiger partial charge in [-0.25, -0.2) is 0 Å². The van der Waals surface area contributed by atoms with Crippen LogP contribution in [0.25, 0.3) is 0 Å². The topological polar surface area (TPSA) is 46.5 Å². The van der Waals surface area contributed by atoms with Gasteiger partial charge >= 0.3 is 5.97 Å². The molecule has 0 amide bonds. The van der Waals surface area contributed by atoms with E-state index in [1.807, 2.05) is 31.2 Å². The number of aliphatic carboxylic acids is 1. The van der Waals surface area contributed by atoms with E-state index in [9.17, 15) is 4.79 Å². The van der Waals surface area contributed by atoms with Crippen molar-refractivity contribution in [3.8, 4) is 5.75 Å². The Labute approximate surface area is 95.0 Å². The van der Waals surface area contributed by atoms with Crippen LogP contribution in [0, 0.1) is 5.41 Å². The van der Waals surface area contributed by atoms with Gasteiger partial charge in [-0.15, -0.1) is 0 Å². The average Bonchev–Trinajstić information content (AvgIpc) is 2.94. The second-order valence-corrected chi connectivity index (χ2v) is 4.48. The molecule has 2 atom stereocenters. The number of carboxylic acids is 1. The largest absolute Gasteiger partial charge is 0.494 e. The van der Waals surface area contributed by atoms with Crippen LogP contribution < -0.4 is 4.74 Å². The molecule has 1 aliphatic carbocycles. The summed E-state index contributed by atoms with van der Waals surface area (Å²) < 4.78 is 5.41. The Morgan fingerprint density at radius 1 is 1.62 bits per heavy atom. The first-order valence-electron chi connectivity index (χ1n) is 5.54. The minimum atomic E-state index is -0.709. The molecule has 16 heavy (non-hydrogen) atoms. The van der Waals surface area contributed by atoms with Crippen molar-refractivity contribution >= 4 is 5.97 Å². The number of carboxylic acid groups (broad SMARTS) is 1. The molecule has 1 saturated carbocycles. The quantitative estimate of drug-likeness (QED) is 0.848. The molecule has 0 bridgehead atoms. The molecular weight excluding hydrogens is 204 g/mol. The molecule has 0 radical (unpaired) electrons. The molecule has 1 N–H and O–H groups in total. The van der Waals surface area contributed by atoms with Gasteiger partial charge in [0, 0.05) is 5.92 Å². The first kappa shape index (κ1) is 11.0. The third-order valence-electron chi connectivity index (χ3n) is 3.30. The van der Waals surface area contributed by atoms with Crippen LogP contribution in [-0.4, -0.2) is 17.7 Å². The highest BCUT2D eigenvalue weighted by Gasteiger charge is 2.57. The van der Waals surface area contributed by atoms with Crippen LogP contribution in [0.15, 0.2) is 24.3 Å². The summed E-state index contributed by atoms with van der Waals surface area (Å²) in [5.74, 6) is 0.240. The van der Waals surface area contributed by atoms with Gasteiger partial charge in [-0.1, -0.05) is 12.1 Å². The van der Waals surface area contributed by atoms with E-state index in [0.29, 0.717) is 6.61 Å². The van der Waals surface area contributed by atoms with E-state index in [2.05, 4.69) is 0 Å². The molecule has 1 aliphatic rings. The molecule has 3 heteroatoms. The Kier molecular flexibility index (Phi) is 2.62. The maximum Gasteiger partial charge on any atom is 0.309 e. The summed E-state index contributed by atoms with van der Waals surface area (Å²) in [5.41, 5.74) is 0.487. The van der Waals surface area contributed by atoms with E-state index in [4.69, 9.17) is 9.84 Å². The number of hydrogen-bond acceptors (Lipinski definition) is 2. The maximum absolute atomic E-state index is 11.0. The van der Waals surface area contributed by atoms with Gasteiger partial charge in [0.15, 0.2) is 0 Å². The smallest absolute Gasteiger partial charge is 0.309 e. The van der Waals surface area contributed by atoms with Crippen LogP contribution in [-0.2, 0) is 4.79 Å². The van der Waals surface area contributed by atoms with Crippen LogP contribution in [0.2, 0.25) is 0 Å². The van der Waals surface area contributed by atoms with E-state index < -0.39 is 11.4 Å². The number of rotatable bonds is 4. The first-order chi connectivity index (χ1) is 7.58. The summed E-state index contributed by atoms with van der Waals surface area (Å²) in [6, 6.07) is 7.73. The van der Waals surface area contributed by atoms with E-state index in [-0.39, 0.29) is 5.92 Å². The monoisotopic (exact) mass is 220 g/mol. The molecule has 1 aromatic carbocycles. The van der Waals surface area contributed by atoms with Crippen LogP contribution in [0.4, 0.5) is 0 Å². The molecule has 2 rings (SSSR count). The van der Waals surface area contributed by atoms with Gasteiger partial charge < -0.3 is 9.84 Å². The minimum Gasteiger partial charge on any atom is -0.494 e. The summed E-state index contributed by atoms with van der Waals surface area (Å²) in [4.78, 5) is 11.0.